The Morgan fingerprint density at radius 3 is 2.62 bits per heavy atom. The first kappa shape index (κ1) is 16.9. The van der Waals surface area contributed by atoms with Crippen molar-refractivity contribution in [2.45, 2.75) is 70.6 Å². The van der Waals surface area contributed by atoms with E-state index in [0.717, 1.165) is 23.0 Å². The molecule has 3 N–H and O–H groups in total. The van der Waals surface area contributed by atoms with E-state index < -0.39 is 0 Å². The van der Waals surface area contributed by atoms with Crippen LogP contribution in [0.4, 0.5) is 0 Å². The number of aromatic nitrogens is 2. The molecule has 1 aromatic rings. The maximum Gasteiger partial charge on any atom is 0.0929 e. The molecular formula is C15H27BrN4O. The van der Waals surface area contributed by atoms with Crippen molar-refractivity contribution in [3.05, 3.63) is 16.4 Å². The average molecular weight is 359 g/mol. The van der Waals surface area contributed by atoms with E-state index in [9.17, 15) is 0 Å². The van der Waals surface area contributed by atoms with Gasteiger partial charge in [-0.15, -0.1) is 0 Å². The predicted molar refractivity (Wildman–Crippen MR) is 87.8 cm³/mol. The van der Waals surface area contributed by atoms with Gasteiger partial charge in [-0.3, -0.25) is 10.5 Å². The number of hydrazine groups is 1. The van der Waals surface area contributed by atoms with E-state index in [1.54, 1.807) is 0 Å². The van der Waals surface area contributed by atoms with Crippen LogP contribution in [-0.2, 0) is 4.74 Å². The Morgan fingerprint density at radius 2 is 2.10 bits per heavy atom. The van der Waals surface area contributed by atoms with Crippen LogP contribution in [0.25, 0.3) is 0 Å². The number of hydrogen-bond acceptors (Lipinski definition) is 4. The third kappa shape index (κ3) is 3.33. The van der Waals surface area contributed by atoms with Crippen LogP contribution in [0.1, 0.15) is 70.7 Å². The first-order valence-electron chi connectivity index (χ1n) is 7.88. The topological polar surface area (TPSA) is 65.1 Å². The van der Waals surface area contributed by atoms with Crippen molar-refractivity contribution in [2.75, 3.05) is 6.61 Å². The molecule has 0 aliphatic heterocycles. The summed E-state index contributed by atoms with van der Waals surface area (Å²) in [4.78, 5) is 0. The number of nitrogens with one attached hydrogen (secondary N) is 1. The van der Waals surface area contributed by atoms with Gasteiger partial charge in [-0.05, 0) is 49.5 Å². The van der Waals surface area contributed by atoms with E-state index in [2.05, 4.69) is 47.2 Å². The molecule has 0 saturated heterocycles. The minimum absolute atomic E-state index is 0.0583. The summed E-state index contributed by atoms with van der Waals surface area (Å²) in [6, 6.07) is 0.224. The normalized spacial score (nSPS) is 19.9. The Morgan fingerprint density at radius 1 is 1.43 bits per heavy atom. The molecule has 2 rings (SSSR count). The molecule has 0 amide bonds. The van der Waals surface area contributed by atoms with Crippen molar-refractivity contribution in [3.8, 4) is 0 Å². The average Bonchev–Trinajstić information content (AvgIpc) is 2.83. The fourth-order valence-corrected chi connectivity index (χ4v) is 3.97. The third-order valence-corrected chi connectivity index (χ3v) is 4.99. The minimum Gasteiger partial charge on any atom is -0.373 e. The van der Waals surface area contributed by atoms with Crippen molar-refractivity contribution in [1.29, 1.82) is 0 Å². The number of nitrogens with two attached hydrogens (primary N) is 1. The Kier molecular flexibility index (Phi) is 5.82. The van der Waals surface area contributed by atoms with Crippen molar-refractivity contribution < 1.29 is 4.74 Å². The molecule has 21 heavy (non-hydrogen) atoms. The molecule has 0 radical (unpaired) electrons. The second kappa shape index (κ2) is 7.22. The summed E-state index contributed by atoms with van der Waals surface area (Å²) in [5.74, 6) is 5.96. The van der Waals surface area contributed by atoms with E-state index in [1.807, 2.05) is 10.9 Å². The van der Waals surface area contributed by atoms with Gasteiger partial charge in [-0.25, -0.2) is 5.43 Å². The van der Waals surface area contributed by atoms with E-state index in [4.69, 9.17) is 10.6 Å². The molecule has 1 fully saturated rings. The van der Waals surface area contributed by atoms with E-state index in [1.165, 1.54) is 19.3 Å². The van der Waals surface area contributed by atoms with Crippen molar-refractivity contribution in [2.24, 2.45) is 5.84 Å². The lowest BCUT2D eigenvalue weighted by Gasteiger charge is -2.43. The third-order valence-electron chi connectivity index (χ3n) is 4.37. The predicted octanol–water partition coefficient (Wildman–Crippen LogP) is 3.47. The summed E-state index contributed by atoms with van der Waals surface area (Å²) in [5, 5.41) is 4.49. The Bertz CT molecular complexity index is 449. The molecule has 0 aromatic carbocycles. The maximum atomic E-state index is 6.23. The SMILES string of the molecule is CCOC1(C(NN)c2c(Br)cnn2C(C)C)CCCCC1. The summed E-state index contributed by atoms with van der Waals surface area (Å²) >= 11 is 3.63. The summed E-state index contributed by atoms with van der Waals surface area (Å²) in [7, 11) is 0. The summed E-state index contributed by atoms with van der Waals surface area (Å²) in [6.07, 6.45) is 7.56. The van der Waals surface area contributed by atoms with Crippen LogP contribution < -0.4 is 11.3 Å². The Balaban J connectivity index is 2.43. The second-order valence-corrected chi connectivity index (χ2v) is 6.93. The highest BCUT2D eigenvalue weighted by atomic mass is 79.9. The molecule has 5 nitrogen and oxygen atoms in total. The highest BCUT2D eigenvalue weighted by Gasteiger charge is 2.43. The van der Waals surface area contributed by atoms with Crippen LogP contribution in [-0.4, -0.2) is 22.0 Å². The lowest BCUT2D eigenvalue weighted by molar-refractivity contribution is -0.0933. The molecule has 1 heterocycles. The van der Waals surface area contributed by atoms with E-state index in [-0.39, 0.29) is 17.7 Å². The fourth-order valence-electron chi connectivity index (χ4n) is 3.47. The zero-order valence-electron chi connectivity index (χ0n) is 13.2. The lowest BCUT2D eigenvalue weighted by Crippen LogP contribution is -2.50. The highest BCUT2D eigenvalue weighted by Crippen LogP contribution is 2.43. The van der Waals surface area contributed by atoms with Crippen LogP contribution in [0, 0.1) is 0 Å². The van der Waals surface area contributed by atoms with Crippen LogP contribution >= 0.6 is 15.9 Å². The molecule has 1 saturated carbocycles. The fraction of sp³-hybridized carbons (Fsp3) is 0.800. The number of ether oxygens (including phenoxy) is 1. The molecule has 120 valence electrons. The van der Waals surface area contributed by atoms with Gasteiger partial charge in [0, 0.05) is 12.6 Å². The van der Waals surface area contributed by atoms with Crippen LogP contribution in [0.15, 0.2) is 10.7 Å². The molecule has 0 bridgehead atoms. The van der Waals surface area contributed by atoms with Crippen molar-refractivity contribution in [3.63, 3.8) is 0 Å². The zero-order chi connectivity index (χ0) is 15.5. The van der Waals surface area contributed by atoms with Gasteiger partial charge in [0.15, 0.2) is 0 Å². The maximum absolute atomic E-state index is 6.23. The van der Waals surface area contributed by atoms with Crippen LogP contribution in [0.2, 0.25) is 0 Å². The molecule has 1 aliphatic carbocycles. The first-order chi connectivity index (χ1) is 10.1. The highest BCUT2D eigenvalue weighted by molar-refractivity contribution is 9.10. The molecule has 1 aromatic heterocycles. The number of halogens is 1. The summed E-state index contributed by atoms with van der Waals surface area (Å²) < 4.78 is 9.25. The Labute approximate surface area is 135 Å². The molecule has 1 unspecified atom stereocenters. The van der Waals surface area contributed by atoms with Gasteiger partial charge in [0.2, 0.25) is 0 Å². The van der Waals surface area contributed by atoms with Gasteiger partial charge in [-0.2, -0.15) is 5.10 Å². The quantitative estimate of drug-likeness (QED) is 0.603. The zero-order valence-corrected chi connectivity index (χ0v) is 14.8. The van der Waals surface area contributed by atoms with Gasteiger partial charge in [0.1, 0.15) is 0 Å². The smallest absolute Gasteiger partial charge is 0.0929 e. The van der Waals surface area contributed by atoms with Gasteiger partial charge < -0.3 is 4.74 Å². The Hall–Kier alpha value is -0.430. The minimum atomic E-state index is -0.239. The van der Waals surface area contributed by atoms with Gasteiger partial charge >= 0.3 is 0 Å². The number of hydrogen-bond donors (Lipinski definition) is 2. The standard InChI is InChI=1S/C15H27BrN4O/c1-4-21-15(8-6-5-7-9-15)14(19-17)13-12(16)10-18-20(13)11(2)3/h10-11,14,19H,4-9,17H2,1-3H3. The number of nitrogens with zero attached hydrogens (tertiary/aromatic N) is 2. The molecule has 0 spiro atoms. The molecule has 1 atom stereocenters. The van der Waals surface area contributed by atoms with E-state index in [0.29, 0.717) is 6.61 Å². The van der Waals surface area contributed by atoms with E-state index >= 15 is 0 Å². The van der Waals surface area contributed by atoms with Crippen molar-refractivity contribution in [1.82, 2.24) is 15.2 Å². The summed E-state index contributed by atoms with van der Waals surface area (Å²) in [6.45, 7) is 7.01. The van der Waals surface area contributed by atoms with Crippen LogP contribution in [0.5, 0.6) is 0 Å². The summed E-state index contributed by atoms with van der Waals surface area (Å²) in [5.41, 5.74) is 3.87. The van der Waals surface area contributed by atoms with Gasteiger partial charge in [0.25, 0.3) is 0 Å². The van der Waals surface area contributed by atoms with Gasteiger partial charge in [-0.1, -0.05) is 19.3 Å². The monoisotopic (exact) mass is 358 g/mol. The molecule has 1 aliphatic rings. The second-order valence-electron chi connectivity index (χ2n) is 6.07. The van der Waals surface area contributed by atoms with Crippen LogP contribution in [0.3, 0.4) is 0 Å². The van der Waals surface area contributed by atoms with Gasteiger partial charge in [0.05, 0.1) is 28.0 Å². The first-order valence-corrected chi connectivity index (χ1v) is 8.68. The largest absolute Gasteiger partial charge is 0.373 e. The van der Waals surface area contributed by atoms with Crippen molar-refractivity contribution >= 4 is 15.9 Å². The molecular weight excluding hydrogens is 332 g/mol. The number of rotatable bonds is 6. The molecule has 6 heteroatoms. The lowest BCUT2D eigenvalue weighted by atomic mass is 9.78.